The SMILES string of the molecule is COC(=O)c1csc(N2CCCC(C)C2)n1. The third-order valence-electron chi connectivity index (χ3n) is 2.81. The van der Waals surface area contributed by atoms with Gasteiger partial charge in [0.05, 0.1) is 7.11 Å². The van der Waals surface area contributed by atoms with Gasteiger partial charge >= 0.3 is 5.97 Å². The first kappa shape index (κ1) is 11.4. The van der Waals surface area contributed by atoms with E-state index in [2.05, 4.69) is 21.5 Å². The average Bonchev–Trinajstić information content (AvgIpc) is 2.77. The fourth-order valence-corrected chi connectivity index (χ4v) is 2.80. The van der Waals surface area contributed by atoms with Crippen molar-refractivity contribution < 1.29 is 9.53 Å². The highest BCUT2D eigenvalue weighted by molar-refractivity contribution is 7.13. The lowest BCUT2D eigenvalue weighted by molar-refractivity contribution is 0.0595. The topological polar surface area (TPSA) is 42.4 Å². The summed E-state index contributed by atoms with van der Waals surface area (Å²) in [6, 6.07) is 0. The number of esters is 1. The maximum Gasteiger partial charge on any atom is 0.357 e. The third-order valence-corrected chi connectivity index (χ3v) is 3.72. The normalized spacial score (nSPS) is 20.9. The summed E-state index contributed by atoms with van der Waals surface area (Å²) in [6.45, 7) is 4.33. The average molecular weight is 240 g/mol. The lowest BCUT2D eigenvalue weighted by atomic mass is 10.0. The standard InChI is InChI=1S/C11H16N2O2S/c1-8-4-3-5-13(6-8)11-12-9(7-16-11)10(14)15-2/h7-8H,3-6H2,1-2H3. The Balaban J connectivity index is 2.09. The minimum absolute atomic E-state index is 0.354. The minimum Gasteiger partial charge on any atom is -0.464 e. The smallest absolute Gasteiger partial charge is 0.357 e. The van der Waals surface area contributed by atoms with Crippen LogP contribution in [0.1, 0.15) is 30.3 Å². The van der Waals surface area contributed by atoms with Gasteiger partial charge in [-0.05, 0) is 18.8 Å². The number of methoxy groups -OCH3 is 1. The number of hydrogen-bond acceptors (Lipinski definition) is 5. The van der Waals surface area contributed by atoms with Gasteiger partial charge in [-0.3, -0.25) is 0 Å². The van der Waals surface area contributed by atoms with Crippen LogP contribution in [0, 0.1) is 5.92 Å². The predicted molar refractivity (Wildman–Crippen MR) is 64.1 cm³/mol. The molecule has 2 rings (SSSR count). The van der Waals surface area contributed by atoms with Gasteiger partial charge in [0, 0.05) is 18.5 Å². The van der Waals surface area contributed by atoms with Gasteiger partial charge in [0.2, 0.25) is 0 Å². The van der Waals surface area contributed by atoms with Crippen LogP contribution >= 0.6 is 11.3 Å². The summed E-state index contributed by atoms with van der Waals surface area (Å²) in [7, 11) is 1.38. The van der Waals surface area contributed by atoms with Gasteiger partial charge in [-0.25, -0.2) is 9.78 Å². The van der Waals surface area contributed by atoms with Gasteiger partial charge in [-0.1, -0.05) is 6.92 Å². The summed E-state index contributed by atoms with van der Waals surface area (Å²) in [5.41, 5.74) is 0.417. The van der Waals surface area contributed by atoms with Crippen molar-refractivity contribution in [1.82, 2.24) is 4.98 Å². The first-order valence-electron chi connectivity index (χ1n) is 5.49. The van der Waals surface area contributed by atoms with E-state index in [0.29, 0.717) is 11.6 Å². The number of ether oxygens (including phenoxy) is 1. The molecule has 1 aliphatic rings. The number of thiazole rings is 1. The van der Waals surface area contributed by atoms with Crippen LogP contribution in [0.25, 0.3) is 0 Å². The zero-order valence-electron chi connectivity index (χ0n) is 9.60. The number of nitrogens with zero attached hydrogens (tertiary/aromatic N) is 2. The third kappa shape index (κ3) is 2.35. The van der Waals surface area contributed by atoms with Gasteiger partial charge in [0.25, 0.3) is 0 Å². The predicted octanol–water partition coefficient (Wildman–Crippen LogP) is 2.17. The van der Waals surface area contributed by atoms with Crippen molar-refractivity contribution in [2.75, 3.05) is 25.1 Å². The second kappa shape index (κ2) is 4.82. The van der Waals surface area contributed by atoms with E-state index >= 15 is 0 Å². The van der Waals surface area contributed by atoms with Crippen LogP contribution in [0.15, 0.2) is 5.38 Å². The number of anilines is 1. The van der Waals surface area contributed by atoms with Crippen molar-refractivity contribution in [2.45, 2.75) is 19.8 Å². The molecule has 0 saturated carbocycles. The fraction of sp³-hybridized carbons (Fsp3) is 0.636. The molecule has 1 fully saturated rings. The van der Waals surface area contributed by atoms with Crippen LogP contribution in [0.2, 0.25) is 0 Å². The fourth-order valence-electron chi connectivity index (χ4n) is 1.97. The first-order chi connectivity index (χ1) is 7.70. The van der Waals surface area contributed by atoms with Crippen molar-refractivity contribution in [3.05, 3.63) is 11.1 Å². The van der Waals surface area contributed by atoms with Crippen LogP contribution in [0.4, 0.5) is 5.13 Å². The largest absolute Gasteiger partial charge is 0.464 e. The second-order valence-corrected chi connectivity index (χ2v) is 5.04. The highest BCUT2D eigenvalue weighted by Crippen LogP contribution is 2.26. The molecule has 0 bridgehead atoms. The summed E-state index contributed by atoms with van der Waals surface area (Å²) in [5, 5.41) is 2.70. The molecule has 0 aromatic carbocycles. The molecule has 0 radical (unpaired) electrons. The van der Waals surface area contributed by atoms with E-state index in [1.165, 1.54) is 31.3 Å². The number of rotatable bonds is 2. The van der Waals surface area contributed by atoms with Gasteiger partial charge < -0.3 is 9.64 Å². The van der Waals surface area contributed by atoms with E-state index in [9.17, 15) is 4.79 Å². The van der Waals surface area contributed by atoms with Gasteiger partial charge in [-0.2, -0.15) is 0 Å². The van der Waals surface area contributed by atoms with E-state index in [1.54, 1.807) is 5.38 Å². The van der Waals surface area contributed by atoms with Crippen molar-refractivity contribution in [3.8, 4) is 0 Å². The Morgan fingerprint density at radius 3 is 3.19 bits per heavy atom. The summed E-state index contributed by atoms with van der Waals surface area (Å²) in [5.74, 6) is 0.354. The zero-order chi connectivity index (χ0) is 11.5. The molecule has 1 unspecified atom stereocenters. The molecule has 16 heavy (non-hydrogen) atoms. The Bertz CT molecular complexity index is 378. The molecular weight excluding hydrogens is 224 g/mol. The molecule has 0 N–H and O–H groups in total. The quantitative estimate of drug-likeness (QED) is 0.743. The summed E-state index contributed by atoms with van der Waals surface area (Å²) in [4.78, 5) is 17.8. The number of piperidine rings is 1. The maximum absolute atomic E-state index is 11.3. The molecule has 1 saturated heterocycles. The lowest BCUT2D eigenvalue weighted by Gasteiger charge is -2.30. The molecule has 1 atom stereocenters. The van der Waals surface area contributed by atoms with Gasteiger partial charge in [0.1, 0.15) is 0 Å². The van der Waals surface area contributed by atoms with E-state index in [1.807, 2.05) is 0 Å². The Kier molecular flexibility index (Phi) is 3.43. The van der Waals surface area contributed by atoms with Gasteiger partial charge in [0.15, 0.2) is 10.8 Å². The minimum atomic E-state index is -0.354. The molecule has 0 amide bonds. The molecule has 5 heteroatoms. The van der Waals surface area contributed by atoms with Crippen molar-refractivity contribution in [1.29, 1.82) is 0 Å². The molecule has 1 aliphatic heterocycles. The highest BCUT2D eigenvalue weighted by atomic mass is 32.1. The van der Waals surface area contributed by atoms with Crippen molar-refractivity contribution >= 4 is 22.4 Å². The van der Waals surface area contributed by atoms with Crippen LogP contribution in [-0.2, 0) is 4.74 Å². The monoisotopic (exact) mass is 240 g/mol. The summed E-state index contributed by atoms with van der Waals surface area (Å²) < 4.78 is 4.64. The molecule has 1 aromatic heterocycles. The Hall–Kier alpha value is -1.10. The summed E-state index contributed by atoms with van der Waals surface area (Å²) >= 11 is 1.52. The highest BCUT2D eigenvalue weighted by Gasteiger charge is 2.20. The Labute approximate surface area is 99.2 Å². The van der Waals surface area contributed by atoms with Crippen LogP contribution in [0.5, 0.6) is 0 Å². The molecule has 88 valence electrons. The van der Waals surface area contributed by atoms with Crippen LogP contribution in [0.3, 0.4) is 0 Å². The number of carbonyl (C=O) groups excluding carboxylic acids is 1. The van der Waals surface area contributed by atoms with E-state index in [-0.39, 0.29) is 5.97 Å². The summed E-state index contributed by atoms with van der Waals surface area (Å²) in [6.07, 6.45) is 2.49. The van der Waals surface area contributed by atoms with E-state index in [4.69, 9.17) is 0 Å². The van der Waals surface area contributed by atoms with Crippen LogP contribution in [-0.4, -0.2) is 31.2 Å². The van der Waals surface area contributed by atoms with Gasteiger partial charge in [-0.15, -0.1) is 11.3 Å². The number of aromatic nitrogens is 1. The lowest BCUT2D eigenvalue weighted by Crippen LogP contribution is -2.34. The van der Waals surface area contributed by atoms with E-state index < -0.39 is 0 Å². The second-order valence-electron chi connectivity index (χ2n) is 4.20. The molecule has 4 nitrogen and oxygen atoms in total. The molecule has 0 spiro atoms. The number of hydrogen-bond donors (Lipinski definition) is 0. The first-order valence-corrected chi connectivity index (χ1v) is 6.37. The van der Waals surface area contributed by atoms with Crippen molar-refractivity contribution in [2.24, 2.45) is 5.92 Å². The zero-order valence-corrected chi connectivity index (χ0v) is 10.4. The van der Waals surface area contributed by atoms with E-state index in [0.717, 1.165) is 18.2 Å². The number of carbonyl (C=O) groups is 1. The molecule has 1 aromatic rings. The maximum atomic E-state index is 11.3. The molecular formula is C11H16N2O2S. The van der Waals surface area contributed by atoms with Crippen LogP contribution < -0.4 is 4.90 Å². The van der Waals surface area contributed by atoms with Crippen molar-refractivity contribution in [3.63, 3.8) is 0 Å². The Morgan fingerprint density at radius 2 is 2.50 bits per heavy atom. The Morgan fingerprint density at radius 1 is 1.69 bits per heavy atom. The molecule has 2 heterocycles. The molecule has 0 aliphatic carbocycles.